The van der Waals surface area contributed by atoms with Crippen molar-refractivity contribution in [3.63, 3.8) is 0 Å². The molecule has 9 heteroatoms. The Bertz CT molecular complexity index is 1110. The standard InChI is InChI=1S/C22H28N4O2S2.HI/c1-4-23-22(25-15-17-11-12-20(16(2)14-17)30(3,27)28)24-13-7-10-21-26-18-8-5-6-9-19(18)29-21;/h5-6,8-9,11-12,14H,4,7,10,13,15H2,1-3H3,(H2,23,24,25);1H. The number of para-hydroxylation sites is 1. The van der Waals surface area contributed by atoms with E-state index in [1.807, 2.05) is 44.2 Å². The molecule has 0 bridgehead atoms. The van der Waals surface area contributed by atoms with Crippen LogP contribution in [0.1, 0.15) is 29.5 Å². The van der Waals surface area contributed by atoms with E-state index in [0.29, 0.717) is 11.4 Å². The van der Waals surface area contributed by atoms with E-state index in [2.05, 4.69) is 26.7 Å². The van der Waals surface area contributed by atoms with Gasteiger partial charge in [0, 0.05) is 25.8 Å². The molecular weight excluding hydrogens is 543 g/mol. The van der Waals surface area contributed by atoms with Crippen LogP contribution in [0.4, 0.5) is 0 Å². The molecule has 0 atom stereocenters. The summed E-state index contributed by atoms with van der Waals surface area (Å²) in [5.74, 6) is 0.756. The van der Waals surface area contributed by atoms with Gasteiger partial charge in [-0.3, -0.25) is 0 Å². The molecule has 0 fully saturated rings. The fourth-order valence-electron chi connectivity index (χ4n) is 3.21. The Balaban J connectivity index is 0.00000341. The van der Waals surface area contributed by atoms with Crippen LogP contribution in [0.5, 0.6) is 0 Å². The molecule has 2 aromatic carbocycles. The molecule has 168 valence electrons. The molecule has 0 unspecified atom stereocenters. The highest BCUT2D eigenvalue weighted by Gasteiger charge is 2.10. The van der Waals surface area contributed by atoms with Crippen molar-refractivity contribution in [2.45, 2.75) is 38.1 Å². The first kappa shape index (κ1) is 25.5. The number of hydrogen-bond donors (Lipinski definition) is 2. The number of hydrogen-bond acceptors (Lipinski definition) is 5. The Labute approximate surface area is 205 Å². The molecule has 0 saturated heterocycles. The number of nitrogens with one attached hydrogen (secondary N) is 2. The van der Waals surface area contributed by atoms with E-state index < -0.39 is 9.84 Å². The van der Waals surface area contributed by atoms with Gasteiger partial charge < -0.3 is 10.6 Å². The maximum atomic E-state index is 11.8. The van der Waals surface area contributed by atoms with Crippen LogP contribution in [0.2, 0.25) is 0 Å². The van der Waals surface area contributed by atoms with Gasteiger partial charge in [-0.1, -0.05) is 24.3 Å². The first-order chi connectivity index (χ1) is 14.4. The molecule has 31 heavy (non-hydrogen) atoms. The van der Waals surface area contributed by atoms with Crippen LogP contribution in [0.15, 0.2) is 52.4 Å². The number of fused-ring (bicyclic) bond motifs is 1. The second kappa shape index (κ2) is 11.8. The van der Waals surface area contributed by atoms with E-state index in [4.69, 9.17) is 0 Å². The molecule has 0 aliphatic rings. The SMILES string of the molecule is CCNC(=NCc1ccc(S(C)(=O)=O)c(C)c1)NCCCc1nc2ccccc2s1.I. The van der Waals surface area contributed by atoms with E-state index in [9.17, 15) is 8.42 Å². The number of sulfone groups is 1. The summed E-state index contributed by atoms with van der Waals surface area (Å²) in [6, 6.07) is 13.6. The summed E-state index contributed by atoms with van der Waals surface area (Å²) >= 11 is 1.75. The fourth-order valence-corrected chi connectivity index (χ4v) is 5.18. The highest BCUT2D eigenvalue weighted by molar-refractivity contribution is 14.0. The molecule has 0 spiro atoms. The lowest BCUT2D eigenvalue weighted by atomic mass is 10.1. The van der Waals surface area contributed by atoms with Gasteiger partial charge in [0.2, 0.25) is 0 Å². The molecule has 0 radical (unpaired) electrons. The number of benzene rings is 2. The predicted molar refractivity (Wildman–Crippen MR) is 140 cm³/mol. The molecule has 0 amide bonds. The summed E-state index contributed by atoms with van der Waals surface area (Å²) in [5, 5.41) is 7.77. The number of aliphatic imine (C=N–C) groups is 1. The summed E-state index contributed by atoms with van der Waals surface area (Å²) in [6.07, 6.45) is 3.12. The number of nitrogens with zero attached hydrogens (tertiary/aromatic N) is 2. The van der Waals surface area contributed by atoms with Gasteiger partial charge >= 0.3 is 0 Å². The van der Waals surface area contributed by atoms with Gasteiger partial charge in [0.05, 0.1) is 26.7 Å². The lowest BCUT2D eigenvalue weighted by molar-refractivity contribution is 0.601. The molecular formula is C22H29IN4O2S2. The van der Waals surface area contributed by atoms with Crippen LogP contribution in [-0.2, 0) is 22.8 Å². The van der Waals surface area contributed by atoms with E-state index >= 15 is 0 Å². The van der Waals surface area contributed by atoms with Crippen molar-refractivity contribution < 1.29 is 8.42 Å². The van der Waals surface area contributed by atoms with E-state index in [1.165, 1.54) is 11.0 Å². The maximum Gasteiger partial charge on any atom is 0.191 e. The molecule has 6 nitrogen and oxygen atoms in total. The first-order valence-corrected chi connectivity index (χ1v) is 12.7. The van der Waals surface area contributed by atoms with Crippen LogP contribution in [0.25, 0.3) is 10.2 Å². The minimum atomic E-state index is -3.20. The van der Waals surface area contributed by atoms with Gasteiger partial charge in [0.1, 0.15) is 0 Å². The number of rotatable bonds is 8. The van der Waals surface area contributed by atoms with Crippen LogP contribution in [-0.4, -0.2) is 38.7 Å². The molecule has 1 heterocycles. The van der Waals surface area contributed by atoms with Gasteiger partial charge in [0.25, 0.3) is 0 Å². The molecule has 3 rings (SSSR count). The molecule has 3 aromatic rings. The quantitative estimate of drug-likeness (QED) is 0.182. The third kappa shape index (κ3) is 7.43. The number of guanidine groups is 1. The van der Waals surface area contributed by atoms with Gasteiger partial charge in [-0.2, -0.15) is 0 Å². The van der Waals surface area contributed by atoms with Crippen molar-refractivity contribution in [3.8, 4) is 0 Å². The zero-order valence-corrected chi connectivity index (χ0v) is 22.0. The summed E-state index contributed by atoms with van der Waals surface area (Å²) in [4.78, 5) is 9.67. The van der Waals surface area contributed by atoms with Gasteiger partial charge in [-0.05, 0) is 49.6 Å². The second-order valence-electron chi connectivity index (χ2n) is 7.17. The lowest BCUT2D eigenvalue weighted by Gasteiger charge is -2.11. The van der Waals surface area contributed by atoms with Crippen molar-refractivity contribution in [1.29, 1.82) is 0 Å². The van der Waals surface area contributed by atoms with Crippen molar-refractivity contribution in [2.24, 2.45) is 4.99 Å². The Morgan fingerprint density at radius 2 is 1.94 bits per heavy atom. The Kier molecular flexibility index (Phi) is 9.70. The van der Waals surface area contributed by atoms with Crippen molar-refractivity contribution in [3.05, 3.63) is 58.6 Å². The van der Waals surface area contributed by atoms with Crippen LogP contribution >= 0.6 is 35.3 Å². The van der Waals surface area contributed by atoms with Crippen LogP contribution < -0.4 is 10.6 Å². The molecule has 0 saturated carbocycles. The molecule has 1 aromatic heterocycles. The monoisotopic (exact) mass is 572 g/mol. The minimum Gasteiger partial charge on any atom is -0.357 e. The summed E-state index contributed by atoms with van der Waals surface area (Å²) in [6.45, 7) is 5.90. The van der Waals surface area contributed by atoms with E-state index in [1.54, 1.807) is 17.4 Å². The number of aryl methyl sites for hydroxylation is 2. The van der Waals surface area contributed by atoms with Gasteiger partial charge in [-0.25, -0.2) is 18.4 Å². The topological polar surface area (TPSA) is 83.5 Å². The molecule has 0 aliphatic carbocycles. The highest BCUT2D eigenvalue weighted by atomic mass is 127. The highest BCUT2D eigenvalue weighted by Crippen LogP contribution is 2.22. The van der Waals surface area contributed by atoms with Crippen LogP contribution in [0, 0.1) is 6.92 Å². The van der Waals surface area contributed by atoms with Gasteiger partial charge in [-0.15, -0.1) is 35.3 Å². The number of aromatic nitrogens is 1. The predicted octanol–water partition coefficient (Wildman–Crippen LogP) is 4.31. The average molecular weight is 573 g/mol. The zero-order valence-electron chi connectivity index (χ0n) is 18.0. The maximum absolute atomic E-state index is 11.8. The van der Waals surface area contributed by atoms with E-state index in [-0.39, 0.29) is 24.0 Å². The summed E-state index contributed by atoms with van der Waals surface area (Å²) in [7, 11) is -3.20. The average Bonchev–Trinajstić information content (AvgIpc) is 3.11. The van der Waals surface area contributed by atoms with E-state index in [0.717, 1.165) is 53.5 Å². The third-order valence-electron chi connectivity index (χ3n) is 4.60. The largest absolute Gasteiger partial charge is 0.357 e. The second-order valence-corrected chi connectivity index (χ2v) is 10.3. The fraction of sp³-hybridized carbons (Fsp3) is 0.364. The Morgan fingerprint density at radius 3 is 2.61 bits per heavy atom. The first-order valence-electron chi connectivity index (χ1n) is 10.0. The number of thiazole rings is 1. The Morgan fingerprint density at radius 1 is 1.16 bits per heavy atom. The zero-order chi connectivity index (χ0) is 21.6. The van der Waals surface area contributed by atoms with Crippen molar-refractivity contribution in [1.82, 2.24) is 15.6 Å². The normalized spacial score (nSPS) is 11.9. The van der Waals surface area contributed by atoms with Crippen molar-refractivity contribution >= 4 is 61.3 Å². The minimum absolute atomic E-state index is 0. The third-order valence-corrected chi connectivity index (χ3v) is 6.95. The smallest absolute Gasteiger partial charge is 0.191 e. The lowest BCUT2D eigenvalue weighted by Crippen LogP contribution is -2.37. The van der Waals surface area contributed by atoms with Crippen LogP contribution in [0.3, 0.4) is 0 Å². The van der Waals surface area contributed by atoms with Crippen molar-refractivity contribution in [2.75, 3.05) is 19.3 Å². The molecule has 0 aliphatic heterocycles. The summed E-state index contributed by atoms with van der Waals surface area (Å²) in [5.41, 5.74) is 2.79. The number of halogens is 1. The Hall–Kier alpha value is -1.72. The molecule has 2 N–H and O–H groups in total. The summed E-state index contributed by atoms with van der Waals surface area (Å²) < 4.78 is 24.8. The van der Waals surface area contributed by atoms with Gasteiger partial charge in [0.15, 0.2) is 15.8 Å².